The maximum atomic E-state index is 11.7. The van der Waals surface area contributed by atoms with Crippen LogP contribution in [0.4, 0.5) is 0 Å². The molecule has 5 nitrogen and oxygen atoms in total. The molecule has 2 aromatic rings. The summed E-state index contributed by atoms with van der Waals surface area (Å²) in [6.45, 7) is 0. The fraction of sp³-hybridized carbons (Fsp3) is 0.214. The molecular formula is C14H15N2O3. The maximum Gasteiger partial charge on any atom is 0.305 e. The molecule has 0 amide bonds. The molecule has 0 aliphatic rings. The molecule has 1 atom stereocenters. The summed E-state index contributed by atoms with van der Waals surface area (Å²) in [5.74, 6) is -1.41. The van der Waals surface area contributed by atoms with Crippen molar-refractivity contribution in [3.8, 4) is 0 Å². The first-order valence-electron chi connectivity index (χ1n) is 5.97. The van der Waals surface area contributed by atoms with Crippen LogP contribution >= 0.6 is 0 Å². The average Bonchev–Trinajstić information content (AvgIpc) is 2.78. The summed E-state index contributed by atoms with van der Waals surface area (Å²) < 4.78 is 0. The number of aromatic nitrogens is 1. The summed E-state index contributed by atoms with van der Waals surface area (Å²) in [6, 6.07) is 6.81. The Morgan fingerprint density at radius 3 is 2.84 bits per heavy atom. The predicted molar refractivity (Wildman–Crippen MR) is 71.5 cm³/mol. The molecule has 0 unspecified atom stereocenters. The van der Waals surface area contributed by atoms with Crippen molar-refractivity contribution in [1.29, 1.82) is 0 Å². The lowest BCUT2D eigenvalue weighted by molar-refractivity contribution is -0.138. The van der Waals surface area contributed by atoms with Crippen molar-refractivity contribution in [2.75, 3.05) is 0 Å². The van der Waals surface area contributed by atoms with Gasteiger partial charge in [0.05, 0.1) is 12.5 Å². The number of carbonyl (C=O) groups excluding carboxylic acids is 1. The van der Waals surface area contributed by atoms with Crippen molar-refractivity contribution in [3.63, 3.8) is 0 Å². The highest BCUT2D eigenvalue weighted by molar-refractivity contribution is 5.95. The van der Waals surface area contributed by atoms with Crippen LogP contribution in [-0.2, 0) is 16.0 Å². The number of carboxylic acid groups (broad SMARTS) is 1. The highest BCUT2D eigenvalue weighted by Crippen LogP contribution is 2.18. The Balaban J connectivity index is 1.99. The van der Waals surface area contributed by atoms with Crippen LogP contribution < -0.4 is 5.73 Å². The van der Waals surface area contributed by atoms with E-state index in [1.54, 1.807) is 0 Å². The van der Waals surface area contributed by atoms with E-state index < -0.39 is 12.0 Å². The number of fused-ring (bicyclic) bond motifs is 1. The van der Waals surface area contributed by atoms with Gasteiger partial charge < -0.3 is 15.8 Å². The second-order valence-corrected chi connectivity index (χ2v) is 4.37. The smallest absolute Gasteiger partial charge is 0.305 e. The predicted octanol–water partition coefficient (Wildman–Crippen LogP) is 1.29. The van der Waals surface area contributed by atoms with Crippen LogP contribution in [-0.4, -0.2) is 27.9 Å². The minimum absolute atomic E-state index is 0.340. The minimum Gasteiger partial charge on any atom is -0.481 e. The quantitative estimate of drug-likeness (QED) is 0.728. The molecule has 19 heavy (non-hydrogen) atoms. The van der Waals surface area contributed by atoms with E-state index in [1.807, 2.05) is 30.5 Å². The number of aliphatic carboxylic acids is 1. The van der Waals surface area contributed by atoms with Gasteiger partial charge in [0.15, 0.2) is 5.78 Å². The Kier molecular flexibility index (Phi) is 3.97. The topological polar surface area (TPSA) is 96.2 Å². The maximum absolute atomic E-state index is 11.7. The molecule has 4 N–H and O–H groups in total. The number of carboxylic acids is 1. The molecule has 0 saturated heterocycles. The highest BCUT2D eigenvalue weighted by atomic mass is 16.4. The van der Waals surface area contributed by atoms with Crippen molar-refractivity contribution in [1.82, 2.24) is 4.98 Å². The summed E-state index contributed by atoms with van der Waals surface area (Å²) >= 11 is 0. The third kappa shape index (κ3) is 3.20. The lowest BCUT2D eigenvalue weighted by Gasteiger charge is -2.06. The molecule has 0 aliphatic heterocycles. The second kappa shape index (κ2) is 5.67. The van der Waals surface area contributed by atoms with Crippen LogP contribution in [0, 0.1) is 6.42 Å². The van der Waals surface area contributed by atoms with E-state index in [2.05, 4.69) is 4.98 Å². The molecule has 0 fully saturated rings. The zero-order chi connectivity index (χ0) is 13.8. The number of ketones is 1. The van der Waals surface area contributed by atoms with Crippen LogP contribution in [0.2, 0.25) is 0 Å². The van der Waals surface area contributed by atoms with E-state index in [1.165, 1.54) is 6.42 Å². The van der Waals surface area contributed by atoms with Gasteiger partial charge in [0.2, 0.25) is 0 Å². The lowest BCUT2D eigenvalue weighted by atomic mass is 10.0. The number of para-hydroxylation sites is 1. The molecule has 5 heteroatoms. The Bertz CT molecular complexity index is 604. The number of hydrogen-bond donors (Lipinski definition) is 3. The van der Waals surface area contributed by atoms with E-state index in [0.29, 0.717) is 6.42 Å². The van der Waals surface area contributed by atoms with Gasteiger partial charge in [-0.25, -0.2) is 0 Å². The van der Waals surface area contributed by atoms with Gasteiger partial charge in [0.1, 0.15) is 0 Å². The third-order valence-electron chi connectivity index (χ3n) is 2.96. The fourth-order valence-electron chi connectivity index (χ4n) is 1.95. The molecule has 0 aliphatic carbocycles. The summed E-state index contributed by atoms with van der Waals surface area (Å²) in [5.41, 5.74) is 7.50. The number of H-pyrrole nitrogens is 1. The molecule has 1 heterocycles. The van der Waals surface area contributed by atoms with Crippen molar-refractivity contribution in [3.05, 3.63) is 42.4 Å². The molecule has 2 rings (SSSR count). The van der Waals surface area contributed by atoms with Gasteiger partial charge in [-0.05, 0) is 18.1 Å². The summed E-state index contributed by atoms with van der Waals surface area (Å²) in [5, 5.41) is 9.63. The zero-order valence-electron chi connectivity index (χ0n) is 10.3. The van der Waals surface area contributed by atoms with Crippen LogP contribution in [0.1, 0.15) is 12.0 Å². The first-order chi connectivity index (χ1) is 9.08. The first-order valence-corrected chi connectivity index (χ1v) is 5.97. The third-order valence-corrected chi connectivity index (χ3v) is 2.96. The van der Waals surface area contributed by atoms with Gasteiger partial charge in [-0.1, -0.05) is 18.2 Å². The Morgan fingerprint density at radius 2 is 2.11 bits per heavy atom. The summed E-state index contributed by atoms with van der Waals surface area (Å²) in [4.78, 5) is 25.2. The second-order valence-electron chi connectivity index (χ2n) is 4.37. The Morgan fingerprint density at radius 1 is 1.37 bits per heavy atom. The van der Waals surface area contributed by atoms with Gasteiger partial charge >= 0.3 is 5.97 Å². The van der Waals surface area contributed by atoms with Crippen LogP contribution in [0.3, 0.4) is 0 Å². The van der Waals surface area contributed by atoms with E-state index >= 15 is 0 Å². The number of Topliss-reactive ketones (excluding diaryl/α,β-unsaturated/α-hetero) is 1. The van der Waals surface area contributed by atoms with Crippen molar-refractivity contribution in [2.24, 2.45) is 5.73 Å². The molecule has 99 valence electrons. The van der Waals surface area contributed by atoms with Gasteiger partial charge in [0.25, 0.3) is 0 Å². The van der Waals surface area contributed by atoms with Gasteiger partial charge in [-0.3, -0.25) is 9.59 Å². The molecule has 0 saturated carbocycles. The Labute approximate surface area is 110 Å². The number of hydrogen-bond acceptors (Lipinski definition) is 3. The van der Waals surface area contributed by atoms with Crippen LogP contribution in [0.5, 0.6) is 0 Å². The van der Waals surface area contributed by atoms with E-state index in [-0.39, 0.29) is 12.2 Å². The standard InChI is InChI=1S/C14H15N2O3/c15-11(7-14(18)19)13(17)6-5-9-8-16-12-4-2-1-3-10(9)12/h1-4,6,8,11,16H,5,7,15H2,(H,18,19)/t11-/m0/s1. The zero-order valence-corrected chi connectivity index (χ0v) is 10.3. The van der Waals surface area contributed by atoms with Crippen molar-refractivity contribution < 1.29 is 14.7 Å². The Hall–Kier alpha value is -2.14. The first kappa shape index (κ1) is 13.3. The van der Waals surface area contributed by atoms with Crippen molar-refractivity contribution in [2.45, 2.75) is 18.9 Å². The molecule has 1 aromatic heterocycles. The van der Waals surface area contributed by atoms with Gasteiger partial charge in [-0.15, -0.1) is 0 Å². The number of nitrogens with two attached hydrogens (primary N) is 1. The average molecular weight is 259 g/mol. The van der Waals surface area contributed by atoms with Gasteiger partial charge in [-0.2, -0.15) is 0 Å². The van der Waals surface area contributed by atoms with Crippen LogP contribution in [0.25, 0.3) is 10.9 Å². The lowest BCUT2D eigenvalue weighted by Crippen LogP contribution is -2.33. The monoisotopic (exact) mass is 259 g/mol. The van der Waals surface area contributed by atoms with E-state index in [0.717, 1.165) is 16.5 Å². The minimum atomic E-state index is -1.07. The molecule has 0 bridgehead atoms. The normalized spacial score (nSPS) is 12.5. The number of benzene rings is 1. The molecule has 1 aromatic carbocycles. The van der Waals surface area contributed by atoms with E-state index in [4.69, 9.17) is 10.8 Å². The largest absolute Gasteiger partial charge is 0.481 e. The highest BCUT2D eigenvalue weighted by Gasteiger charge is 2.17. The number of nitrogens with one attached hydrogen (secondary N) is 1. The number of carbonyl (C=O) groups is 2. The van der Waals surface area contributed by atoms with Gasteiger partial charge in [0, 0.05) is 23.5 Å². The molecule has 1 radical (unpaired) electrons. The number of aromatic amines is 1. The summed E-state index contributed by atoms with van der Waals surface area (Å²) in [6.07, 6.45) is 3.39. The SMILES string of the molecule is N[C@@H](CC(=O)O)C(=O)[CH]Cc1c[nH]c2ccccc12. The molecule has 0 spiro atoms. The van der Waals surface area contributed by atoms with Crippen molar-refractivity contribution >= 4 is 22.7 Å². The summed E-state index contributed by atoms with van der Waals surface area (Å²) in [7, 11) is 0. The van der Waals surface area contributed by atoms with E-state index in [9.17, 15) is 9.59 Å². The fourth-order valence-corrected chi connectivity index (χ4v) is 1.95. The molecular weight excluding hydrogens is 244 g/mol. The number of rotatable bonds is 6. The van der Waals surface area contributed by atoms with Crippen LogP contribution in [0.15, 0.2) is 30.5 Å².